The van der Waals surface area contributed by atoms with Crippen LogP contribution in [-0.4, -0.2) is 45.9 Å². The second kappa shape index (κ2) is 12.0. The Bertz CT molecular complexity index is 586. The van der Waals surface area contributed by atoms with Crippen LogP contribution < -0.4 is 0 Å². The molecule has 0 aromatic rings. The van der Waals surface area contributed by atoms with Crippen LogP contribution in [0.25, 0.3) is 0 Å². The predicted molar refractivity (Wildman–Crippen MR) is 133 cm³/mol. The first-order valence-corrected chi connectivity index (χ1v) is 13.0. The summed E-state index contributed by atoms with van der Waals surface area (Å²) in [6, 6.07) is 0. The van der Waals surface area contributed by atoms with Gasteiger partial charge in [-0.2, -0.15) is 0 Å². The van der Waals surface area contributed by atoms with E-state index in [1.54, 1.807) is 5.57 Å². The van der Waals surface area contributed by atoms with Gasteiger partial charge in [0.1, 0.15) is 0 Å². The van der Waals surface area contributed by atoms with Crippen LogP contribution >= 0.6 is 0 Å². The zero-order valence-corrected chi connectivity index (χ0v) is 21.4. The molecule has 0 radical (unpaired) electrons. The fraction of sp³-hybridized carbons (Fsp3) is 0.857. The van der Waals surface area contributed by atoms with Gasteiger partial charge in [-0.1, -0.05) is 56.4 Å². The number of fused-ring (bicyclic) bond motifs is 1. The Morgan fingerprint density at radius 3 is 2.48 bits per heavy atom. The highest BCUT2D eigenvalue weighted by Gasteiger charge is 2.43. The molecule has 0 bridgehead atoms. The van der Waals surface area contributed by atoms with E-state index in [4.69, 9.17) is 0 Å². The normalized spacial score (nSPS) is 28.4. The van der Waals surface area contributed by atoms with Gasteiger partial charge >= 0.3 is 0 Å². The Balaban J connectivity index is 1.69. The average Bonchev–Trinajstić information content (AvgIpc) is 3.19. The molecule has 0 aliphatic heterocycles. The molecular weight excluding hydrogens is 382 g/mol. The van der Waals surface area contributed by atoms with Crippen LogP contribution in [0.1, 0.15) is 105 Å². The predicted octanol–water partition coefficient (Wildman–Crippen LogP) is 6.50. The van der Waals surface area contributed by atoms with Gasteiger partial charge in [-0.15, -0.1) is 0 Å². The summed E-state index contributed by atoms with van der Waals surface area (Å²) in [4.78, 5) is 2.45. The van der Waals surface area contributed by atoms with Crippen LogP contribution in [0.5, 0.6) is 0 Å². The standard InChI is InChI=1S/C28H51NO2/c1-7-8-16-28(5,31)17-13-15-24-25-20-22(19-23(25)21-26(24)30)14-11-9-10-12-18-29(6)27(2,3)4/h13,15,19,23-26,30-31H,7-12,14,16-18,20-21H2,1-6H3/t23-,24+,25-,26+,28-/m0/s1. The van der Waals surface area contributed by atoms with Crippen LogP contribution in [-0.2, 0) is 0 Å². The molecule has 0 amide bonds. The minimum Gasteiger partial charge on any atom is -0.392 e. The third-order valence-electron chi connectivity index (χ3n) is 7.82. The first-order valence-electron chi connectivity index (χ1n) is 13.0. The van der Waals surface area contributed by atoms with E-state index < -0.39 is 5.60 Å². The van der Waals surface area contributed by atoms with Crippen molar-refractivity contribution in [2.45, 2.75) is 122 Å². The van der Waals surface area contributed by atoms with Gasteiger partial charge in [0, 0.05) is 11.5 Å². The summed E-state index contributed by atoms with van der Waals surface area (Å²) in [6.45, 7) is 12.1. The zero-order valence-electron chi connectivity index (χ0n) is 21.4. The van der Waals surface area contributed by atoms with Crippen molar-refractivity contribution in [2.24, 2.45) is 17.8 Å². The van der Waals surface area contributed by atoms with Gasteiger partial charge in [0.25, 0.3) is 0 Å². The maximum atomic E-state index is 10.6. The molecule has 3 heteroatoms. The molecule has 2 N–H and O–H groups in total. The lowest BCUT2D eigenvalue weighted by molar-refractivity contribution is 0.0513. The molecule has 1 fully saturated rings. The number of hydrogen-bond donors (Lipinski definition) is 2. The van der Waals surface area contributed by atoms with Crippen LogP contribution in [0, 0.1) is 17.8 Å². The van der Waals surface area contributed by atoms with E-state index in [1.807, 2.05) is 6.92 Å². The third kappa shape index (κ3) is 8.67. The lowest BCUT2D eigenvalue weighted by Crippen LogP contribution is -2.38. The molecule has 0 aromatic carbocycles. The van der Waals surface area contributed by atoms with E-state index in [1.165, 1.54) is 38.6 Å². The van der Waals surface area contributed by atoms with E-state index in [2.05, 4.69) is 57.9 Å². The Morgan fingerprint density at radius 1 is 1.10 bits per heavy atom. The topological polar surface area (TPSA) is 43.7 Å². The van der Waals surface area contributed by atoms with E-state index >= 15 is 0 Å². The van der Waals surface area contributed by atoms with Crippen molar-refractivity contribution < 1.29 is 10.2 Å². The average molecular weight is 434 g/mol. The van der Waals surface area contributed by atoms with Crippen molar-refractivity contribution in [2.75, 3.05) is 13.6 Å². The number of aliphatic hydroxyl groups is 2. The summed E-state index contributed by atoms with van der Waals surface area (Å²) in [5, 5.41) is 21.1. The number of unbranched alkanes of at least 4 members (excludes halogenated alkanes) is 4. The summed E-state index contributed by atoms with van der Waals surface area (Å²) in [7, 11) is 2.23. The van der Waals surface area contributed by atoms with Crippen molar-refractivity contribution in [1.82, 2.24) is 4.90 Å². The summed E-state index contributed by atoms with van der Waals surface area (Å²) in [6.07, 6.45) is 18.9. The summed E-state index contributed by atoms with van der Waals surface area (Å²) < 4.78 is 0. The molecule has 0 saturated heterocycles. The van der Waals surface area contributed by atoms with Gasteiger partial charge in [-0.05, 0) is 98.1 Å². The number of nitrogens with zero attached hydrogens (tertiary/aromatic N) is 1. The second-order valence-corrected chi connectivity index (χ2v) is 11.7. The molecule has 2 aliphatic carbocycles. The van der Waals surface area contributed by atoms with Gasteiger partial charge in [0.2, 0.25) is 0 Å². The van der Waals surface area contributed by atoms with Crippen LogP contribution in [0.2, 0.25) is 0 Å². The van der Waals surface area contributed by atoms with E-state index in [9.17, 15) is 10.2 Å². The lowest BCUT2D eigenvalue weighted by Gasteiger charge is -2.31. The number of rotatable bonds is 13. The maximum absolute atomic E-state index is 10.6. The maximum Gasteiger partial charge on any atom is 0.0654 e. The van der Waals surface area contributed by atoms with Crippen LogP contribution in [0.4, 0.5) is 0 Å². The van der Waals surface area contributed by atoms with Crippen molar-refractivity contribution >= 4 is 0 Å². The first kappa shape index (κ1) is 26.6. The lowest BCUT2D eigenvalue weighted by atomic mass is 9.87. The summed E-state index contributed by atoms with van der Waals surface area (Å²) in [5.41, 5.74) is 1.28. The highest BCUT2D eigenvalue weighted by molar-refractivity contribution is 5.20. The number of aliphatic hydroxyl groups excluding tert-OH is 1. The van der Waals surface area contributed by atoms with Crippen molar-refractivity contribution in [1.29, 1.82) is 0 Å². The van der Waals surface area contributed by atoms with E-state index in [0.717, 1.165) is 32.1 Å². The van der Waals surface area contributed by atoms with E-state index in [0.29, 0.717) is 18.3 Å². The Labute approximate surface area is 193 Å². The molecule has 1 saturated carbocycles. The first-order chi connectivity index (χ1) is 14.5. The molecule has 3 nitrogen and oxygen atoms in total. The Kier molecular flexibility index (Phi) is 10.3. The van der Waals surface area contributed by atoms with Crippen molar-refractivity contribution in [3.63, 3.8) is 0 Å². The van der Waals surface area contributed by atoms with Gasteiger partial charge in [0.05, 0.1) is 11.7 Å². The molecule has 5 atom stereocenters. The fourth-order valence-corrected chi connectivity index (χ4v) is 5.32. The number of hydrogen-bond acceptors (Lipinski definition) is 3. The van der Waals surface area contributed by atoms with E-state index in [-0.39, 0.29) is 17.6 Å². The molecular formula is C28H51NO2. The summed E-state index contributed by atoms with van der Waals surface area (Å²) in [5.74, 6) is 1.39. The van der Waals surface area contributed by atoms with Crippen LogP contribution in [0.3, 0.4) is 0 Å². The SMILES string of the molecule is CCCC[C@](C)(O)CC=C[C@@H]1[C@H]2CC(CCCCCCN(C)C(C)(C)C)=C[C@H]2C[C@H]1O. The molecule has 180 valence electrons. The fourth-order valence-electron chi connectivity index (χ4n) is 5.32. The molecule has 0 heterocycles. The van der Waals surface area contributed by atoms with Crippen molar-refractivity contribution in [3.8, 4) is 0 Å². The quantitative estimate of drug-likeness (QED) is 0.257. The van der Waals surface area contributed by atoms with Crippen molar-refractivity contribution in [3.05, 3.63) is 23.8 Å². The van der Waals surface area contributed by atoms with Gasteiger partial charge in [-0.3, -0.25) is 0 Å². The van der Waals surface area contributed by atoms with Crippen LogP contribution in [0.15, 0.2) is 23.8 Å². The molecule has 0 spiro atoms. The number of allylic oxidation sites excluding steroid dienone is 2. The smallest absolute Gasteiger partial charge is 0.0654 e. The highest BCUT2D eigenvalue weighted by atomic mass is 16.3. The molecule has 2 aliphatic rings. The molecule has 31 heavy (non-hydrogen) atoms. The second-order valence-electron chi connectivity index (χ2n) is 11.7. The summed E-state index contributed by atoms with van der Waals surface area (Å²) >= 11 is 0. The molecule has 0 unspecified atom stereocenters. The minimum atomic E-state index is -0.615. The monoisotopic (exact) mass is 433 g/mol. The van der Waals surface area contributed by atoms with Gasteiger partial charge < -0.3 is 15.1 Å². The Morgan fingerprint density at radius 2 is 1.81 bits per heavy atom. The molecule has 0 aromatic heterocycles. The minimum absolute atomic E-state index is 0.218. The molecule has 2 rings (SSSR count). The Hall–Kier alpha value is -0.640. The highest BCUT2D eigenvalue weighted by Crippen LogP contribution is 2.48. The van der Waals surface area contributed by atoms with Gasteiger partial charge in [-0.25, -0.2) is 0 Å². The largest absolute Gasteiger partial charge is 0.392 e. The third-order valence-corrected chi connectivity index (χ3v) is 7.82. The van der Waals surface area contributed by atoms with Gasteiger partial charge in [0.15, 0.2) is 0 Å². The zero-order chi connectivity index (χ0) is 23.1.